The average Bonchev–Trinajstić information content (AvgIpc) is 2.78. The first kappa shape index (κ1) is 22.4. The number of carboxylic acids is 1. The fraction of sp³-hybridized carbons (Fsp3) is 0.320. The Hall–Kier alpha value is -3.81. The monoisotopic (exact) mass is 452 g/mol. The van der Waals surface area contributed by atoms with E-state index in [1.807, 2.05) is 6.07 Å². The Labute approximate surface area is 190 Å². The van der Waals surface area contributed by atoms with Gasteiger partial charge in [0.2, 0.25) is 0 Å². The van der Waals surface area contributed by atoms with Gasteiger partial charge in [-0.1, -0.05) is 0 Å². The summed E-state index contributed by atoms with van der Waals surface area (Å²) in [6, 6.07) is 7.16. The average molecular weight is 452 g/mol. The highest BCUT2D eigenvalue weighted by atomic mass is 16.5. The van der Waals surface area contributed by atoms with Crippen molar-refractivity contribution < 1.29 is 38.4 Å². The highest BCUT2D eigenvalue weighted by molar-refractivity contribution is 6.09. The lowest BCUT2D eigenvalue weighted by Crippen LogP contribution is -2.24. The van der Waals surface area contributed by atoms with E-state index in [4.69, 9.17) is 18.9 Å². The van der Waals surface area contributed by atoms with E-state index in [0.29, 0.717) is 57.4 Å². The van der Waals surface area contributed by atoms with E-state index in [1.54, 1.807) is 32.4 Å². The Bertz CT molecular complexity index is 1310. The number of fused-ring (bicyclic) bond motifs is 3. The van der Waals surface area contributed by atoms with Gasteiger partial charge in [0.1, 0.15) is 23.0 Å². The SMILES string of the molecule is COc1ccc(OC)c2cc3c(OC(C)=O)c4c(c(OC(C)=O)c3cc12)CCC(C(=O)O)C4. The molecule has 0 aliphatic heterocycles. The van der Waals surface area contributed by atoms with E-state index in [1.165, 1.54) is 13.8 Å². The summed E-state index contributed by atoms with van der Waals surface area (Å²) in [5.74, 6) is -0.792. The molecule has 3 aromatic carbocycles. The van der Waals surface area contributed by atoms with Crippen molar-refractivity contribution in [1.29, 1.82) is 0 Å². The predicted octanol–water partition coefficient (Wildman–Crippen LogP) is 4.05. The number of rotatable bonds is 5. The Morgan fingerprint density at radius 1 is 0.818 bits per heavy atom. The highest BCUT2D eigenvalue weighted by Crippen LogP contribution is 2.48. The molecule has 0 saturated heterocycles. The quantitative estimate of drug-likeness (QED) is 0.351. The predicted molar refractivity (Wildman–Crippen MR) is 120 cm³/mol. The van der Waals surface area contributed by atoms with Crippen LogP contribution in [-0.2, 0) is 27.2 Å². The summed E-state index contributed by atoms with van der Waals surface area (Å²) in [4.78, 5) is 35.8. The number of aliphatic carboxylic acids is 1. The molecular weight excluding hydrogens is 428 g/mol. The molecule has 0 saturated carbocycles. The topological polar surface area (TPSA) is 108 Å². The third-order valence-corrected chi connectivity index (χ3v) is 5.95. The molecule has 1 unspecified atom stereocenters. The second kappa shape index (κ2) is 8.61. The van der Waals surface area contributed by atoms with Gasteiger partial charge in [-0.3, -0.25) is 14.4 Å². The number of hydrogen-bond acceptors (Lipinski definition) is 7. The number of carbonyl (C=O) groups excluding carboxylic acids is 2. The van der Waals surface area contributed by atoms with Crippen LogP contribution in [0.25, 0.3) is 21.5 Å². The van der Waals surface area contributed by atoms with Gasteiger partial charge in [-0.05, 0) is 43.5 Å². The summed E-state index contributed by atoms with van der Waals surface area (Å²) in [6.45, 7) is 2.60. The minimum atomic E-state index is -0.923. The van der Waals surface area contributed by atoms with Gasteiger partial charge < -0.3 is 24.1 Å². The summed E-state index contributed by atoms with van der Waals surface area (Å²) in [5.41, 5.74) is 1.24. The van der Waals surface area contributed by atoms with Gasteiger partial charge in [-0.25, -0.2) is 0 Å². The molecule has 8 nitrogen and oxygen atoms in total. The smallest absolute Gasteiger partial charge is 0.308 e. The van der Waals surface area contributed by atoms with Crippen LogP contribution in [0.15, 0.2) is 24.3 Å². The van der Waals surface area contributed by atoms with Crippen molar-refractivity contribution in [2.75, 3.05) is 14.2 Å². The Morgan fingerprint density at radius 2 is 1.30 bits per heavy atom. The zero-order valence-electron chi connectivity index (χ0n) is 18.8. The van der Waals surface area contributed by atoms with E-state index in [0.717, 1.165) is 5.39 Å². The lowest BCUT2D eigenvalue weighted by Gasteiger charge is -2.27. The molecule has 0 fully saturated rings. The van der Waals surface area contributed by atoms with Gasteiger partial charge in [0.25, 0.3) is 0 Å². The first-order valence-electron chi connectivity index (χ1n) is 10.5. The van der Waals surface area contributed by atoms with Crippen LogP contribution in [0.2, 0.25) is 0 Å². The van der Waals surface area contributed by atoms with Crippen molar-refractivity contribution in [1.82, 2.24) is 0 Å². The Balaban J connectivity index is 2.17. The molecule has 0 aromatic heterocycles. The van der Waals surface area contributed by atoms with E-state index in [-0.39, 0.29) is 12.2 Å². The Kier molecular flexibility index (Phi) is 5.84. The molecule has 8 heteroatoms. The molecule has 1 aliphatic rings. The van der Waals surface area contributed by atoms with Crippen molar-refractivity contribution in [3.05, 3.63) is 35.4 Å². The third-order valence-electron chi connectivity index (χ3n) is 5.95. The van der Waals surface area contributed by atoms with Crippen molar-refractivity contribution in [3.63, 3.8) is 0 Å². The standard InChI is InChI=1S/C25H24O8/c1-12(26)32-23-15-6-5-14(25(28)29)9-18(15)24(33-13(2)27)20-11-17-16(10-19(20)23)21(30-3)7-8-22(17)31-4/h7-8,10-11,14H,5-6,9H2,1-4H3,(H,28,29). The zero-order valence-corrected chi connectivity index (χ0v) is 18.8. The summed E-state index contributed by atoms with van der Waals surface area (Å²) in [7, 11) is 3.11. The van der Waals surface area contributed by atoms with Crippen LogP contribution >= 0.6 is 0 Å². The molecule has 1 aliphatic carbocycles. The number of carboxylic acid groups (broad SMARTS) is 1. The number of benzene rings is 3. The molecule has 0 radical (unpaired) electrons. The van der Waals surface area contributed by atoms with Gasteiger partial charge in [-0.2, -0.15) is 0 Å². The third kappa shape index (κ3) is 3.92. The van der Waals surface area contributed by atoms with Crippen LogP contribution in [0, 0.1) is 5.92 Å². The number of esters is 2. The lowest BCUT2D eigenvalue weighted by molar-refractivity contribution is -0.142. The molecule has 1 atom stereocenters. The minimum Gasteiger partial charge on any atom is -0.496 e. The van der Waals surface area contributed by atoms with Crippen molar-refractivity contribution in [3.8, 4) is 23.0 Å². The number of carbonyl (C=O) groups is 3. The molecule has 172 valence electrons. The van der Waals surface area contributed by atoms with Crippen molar-refractivity contribution in [2.45, 2.75) is 33.1 Å². The first-order valence-corrected chi connectivity index (χ1v) is 10.5. The minimum absolute atomic E-state index is 0.158. The molecule has 33 heavy (non-hydrogen) atoms. The second-order valence-corrected chi connectivity index (χ2v) is 7.99. The normalized spacial score (nSPS) is 15.1. The highest BCUT2D eigenvalue weighted by Gasteiger charge is 2.32. The molecule has 3 aromatic rings. The van der Waals surface area contributed by atoms with E-state index < -0.39 is 23.8 Å². The summed E-state index contributed by atoms with van der Waals surface area (Å²) in [5, 5.41) is 12.1. The Morgan fingerprint density at radius 3 is 1.73 bits per heavy atom. The van der Waals surface area contributed by atoms with Crippen LogP contribution in [0.4, 0.5) is 0 Å². The first-order chi connectivity index (χ1) is 15.7. The molecule has 0 heterocycles. The lowest BCUT2D eigenvalue weighted by atomic mass is 9.81. The maximum atomic E-state index is 12.0. The van der Waals surface area contributed by atoms with Gasteiger partial charge in [0.05, 0.1) is 20.1 Å². The number of methoxy groups -OCH3 is 2. The maximum Gasteiger partial charge on any atom is 0.308 e. The number of hydrogen-bond donors (Lipinski definition) is 1. The second-order valence-electron chi connectivity index (χ2n) is 7.99. The molecule has 4 rings (SSSR count). The maximum absolute atomic E-state index is 12.0. The van der Waals surface area contributed by atoms with Crippen LogP contribution in [-0.4, -0.2) is 37.2 Å². The van der Waals surface area contributed by atoms with Crippen LogP contribution < -0.4 is 18.9 Å². The van der Waals surface area contributed by atoms with E-state index >= 15 is 0 Å². The van der Waals surface area contributed by atoms with Crippen LogP contribution in [0.5, 0.6) is 23.0 Å². The van der Waals surface area contributed by atoms with Gasteiger partial charge >= 0.3 is 17.9 Å². The van der Waals surface area contributed by atoms with Gasteiger partial charge in [0, 0.05) is 46.5 Å². The fourth-order valence-electron chi connectivity index (χ4n) is 4.55. The summed E-state index contributed by atoms with van der Waals surface area (Å²) in [6.07, 6.45) is 0.906. The molecule has 1 N–H and O–H groups in total. The van der Waals surface area contributed by atoms with Crippen LogP contribution in [0.3, 0.4) is 0 Å². The molecular formula is C25H24O8. The largest absolute Gasteiger partial charge is 0.496 e. The zero-order chi connectivity index (χ0) is 23.9. The summed E-state index contributed by atoms with van der Waals surface area (Å²) < 4.78 is 22.4. The fourth-order valence-corrected chi connectivity index (χ4v) is 4.55. The molecule has 0 amide bonds. The molecule has 0 spiro atoms. The molecule has 0 bridgehead atoms. The van der Waals surface area contributed by atoms with Crippen molar-refractivity contribution in [2.24, 2.45) is 5.92 Å². The van der Waals surface area contributed by atoms with E-state index in [9.17, 15) is 19.5 Å². The van der Waals surface area contributed by atoms with Crippen molar-refractivity contribution >= 4 is 39.5 Å². The van der Waals surface area contributed by atoms with Crippen LogP contribution in [0.1, 0.15) is 31.4 Å². The number of ether oxygens (including phenoxy) is 4. The van der Waals surface area contributed by atoms with Gasteiger partial charge in [0.15, 0.2) is 0 Å². The van der Waals surface area contributed by atoms with Gasteiger partial charge in [-0.15, -0.1) is 0 Å². The summed E-state index contributed by atoms with van der Waals surface area (Å²) >= 11 is 0. The van der Waals surface area contributed by atoms with E-state index in [2.05, 4.69) is 0 Å².